The maximum Gasteiger partial charge on any atom is 0.409 e. The molecule has 1 aromatic heterocycles. The first kappa shape index (κ1) is 55.8. The van der Waals surface area contributed by atoms with Gasteiger partial charge in [0.05, 0.1) is 36.0 Å². The number of ether oxygens (including phenoxy) is 4. The predicted molar refractivity (Wildman–Crippen MR) is 271 cm³/mol. The highest BCUT2D eigenvalue weighted by atomic mass is 35.5. The van der Waals surface area contributed by atoms with Crippen molar-refractivity contribution in [2.45, 2.75) is 166 Å². The Hall–Kier alpha value is -4.47. The normalized spacial score (nSPS) is 28.9. The van der Waals surface area contributed by atoms with Gasteiger partial charge >= 0.3 is 12.1 Å². The molecular formula is C50H70ClN7O11S2. The van der Waals surface area contributed by atoms with Crippen molar-refractivity contribution >= 4 is 74.6 Å². The third-order valence-electron chi connectivity index (χ3n) is 14.0. The van der Waals surface area contributed by atoms with Gasteiger partial charge in [-0.2, -0.15) is 0 Å². The number of methoxy groups -OCH3 is 1. The zero-order valence-corrected chi connectivity index (χ0v) is 45.1. The van der Waals surface area contributed by atoms with E-state index in [4.69, 9.17) is 30.5 Å². The van der Waals surface area contributed by atoms with E-state index in [1.165, 1.54) is 21.8 Å². The van der Waals surface area contributed by atoms with Gasteiger partial charge in [0.1, 0.15) is 35.6 Å². The highest BCUT2D eigenvalue weighted by molar-refractivity contribution is 8.77. The smallest absolute Gasteiger partial charge is 0.409 e. The van der Waals surface area contributed by atoms with Crippen LogP contribution in [0.25, 0.3) is 0 Å². The second-order valence-corrected chi connectivity index (χ2v) is 23.8. The number of aliphatic hydroxyl groups is 1. The topological polar surface area (TPSA) is 215 Å². The predicted octanol–water partition coefficient (Wildman–Crippen LogP) is 6.72. The Bertz CT molecular complexity index is 2400. The number of unbranched alkanes of at least 4 members (excludes halogenated alkanes) is 1. The van der Waals surface area contributed by atoms with Crippen molar-refractivity contribution in [2.75, 3.05) is 31.9 Å². The lowest BCUT2D eigenvalue weighted by Gasteiger charge is -2.42. The van der Waals surface area contributed by atoms with Crippen LogP contribution in [0, 0.1) is 18.8 Å². The summed E-state index contributed by atoms with van der Waals surface area (Å²) in [6.07, 6.45) is 5.51. The number of aryl methyl sites for hydroxylation is 2. The number of epoxide rings is 1. The van der Waals surface area contributed by atoms with Gasteiger partial charge in [0.25, 0.3) is 0 Å². The SMILES string of the molecule is CO[C@@H]1/C=C/C=C(\C)Cc2cc(C)c(Cl)c(c2)N(C)C(=O)C[C@H](OC(=O)[C@H](C)N(C)C(=O)CCC(C)(C)SSCCCCn2cc(CN3C(=O)CC(C)C3=O)nn2)[C@]2(C)O[C@H]2[C@H](C)[C@@H]2C[C@@]1(O)NC(=O)O2. The number of imide groups is 1. The Balaban J connectivity index is 1.07. The number of alkyl carbamates (subject to hydrolysis) is 1. The van der Waals surface area contributed by atoms with Crippen LogP contribution in [0.4, 0.5) is 10.5 Å². The molecule has 390 valence electrons. The Morgan fingerprint density at radius 3 is 2.55 bits per heavy atom. The summed E-state index contributed by atoms with van der Waals surface area (Å²) >= 11 is 6.84. The van der Waals surface area contributed by atoms with E-state index >= 15 is 0 Å². The van der Waals surface area contributed by atoms with Gasteiger partial charge in [0.15, 0.2) is 5.72 Å². The lowest BCUT2D eigenvalue weighted by atomic mass is 9.83. The zero-order chi connectivity index (χ0) is 52.2. The number of nitrogens with zero attached hydrogens (tertiary/aromatic N) is 6. The first-order chi connectivity index (χ1) is 33.4. The van der Waals surface area contributed by atoms with E-state index < -0.39 is 65.7 Å². The molecule has 18 nitrogen and oxygen atoms in total. The molecule has 5 amide bonds. The fourth-order valence-electron chi connectivity index (χ4n) is 9.21. The maximum absolute atomic E-state index is 14.3. The highest BCUT2D eigenvalue weighted by Gasteiger charge is 2.64. The number of anilines is 1. The Labute approximate surface area is 429 Å². The summed E-state index contributed by atoms with van der Waals surface area (Å²) in [5.41, 5.74) is 0.626. The summed E-state index contributed by atoms with van der Waals surface area (Å²) in [7, 11) is 8.04. The summed E-state index contributed by atoms with van der Waals surface area (Å²) in [4.78, 5) is 83.6. The molecule has 3 saturated heterocycles. The van der Waals surface area contributed by atoms with Gasteiger partial charge in [-0.1, -0.05) is 82.1 Å². The summed E-state index contributed by atoms with van der Waals surface area (Å²) in [5, 5.41) is 23.1. The number of carbonyl (C=O) groups excluding carboxylic acids is 6. The van der Waals surface area contributed by atoms with Crippen molar-refractivity contribution in [3.8, 4) is 0 Å². The minimum atomic E-state index is -1.84. The molecule has 3 fully saturated rings. The fraction of sp³-hybridized carbons (Fsp3) is 0.640. The van der Waals surface area contributed by atoms with Crippen LogP contribution in [0.2, 0.25) is 5.02 Å². The van der Waals surface area contributed by atoms with E-state index in [1.807, 2.05) is 39.0 Å². The number of hydrogen-bond donors (Lipinski definition) is 2. The Morgan fingerprint density at radius 2 is 1.86 bits per heavy atom. The van der Waals surface area contributed by atoms with Crippen LogP contribution in [-0.4, -0.2) is 139 Å². The van der Waals surface area contributed by atoms with Gasteiger partial charge in [-0.15, -0.1) is 5.10 Å². The molecule has 4 aliphatic heterocycles. The van der Waals surface area contributed by atoms with Crippen LogP contribution >= 0.6 is 33.2 Å². The molecule has 0 aliphatic carbocycles. The van der Waals surface area contributed by atoms with Crippen LogP contribution in [-0.2, 0) is 62.4 Å². The lowest BCUT2D eigenvalue weighted by Crippen LogP contribution is -2.63. The number of amides is 5. The molecule has 0 radical (unpaired) electrons. The summed E-state index contributed by atoms with van der Waals surface area (Å²) in [6, 6.07) is 2.79. The van der Waals surface area contributed by atoms with Crippen molar-refractivity contribution in [3.05, 3.63) is 64.0 Å². The molecule has 1 aromatic carbocycles. The number of benzene rings is 1. The molecule has 6 rings (SSSR count). The molecule has 0 spiro atoms. The second kappa shape index (κ2) is 23.2. The van der Waals surface area contributed by atoms with Crippen LogP contribution < -0.4 is 10.2 Å². The monoisotopic (exact) mass is 1040 g/mol. The number of esters is 1. The summed E-state index contributed by atoms with van der Waals surface area (Å²) in [5.74, 6) is -1.71. The maximum atomic E-state index is 14.3. The Kier molecular flexibility index (Phi) is 18.2. The number of fused-ring (bicyclic) bond motifs is 5. The molecule has 2 N–H and O–H groups in total. The number of hydrogen-bond acceptors (Lipinski definition) is 15. The fourth-order valence-corrected chi connectivity index (χ4v) is 12.2. The van der Waals surface area contributed by atoms with Crippen molar-refractivity contribution in [1.29, 1.82) is 0 Å². The molecule has 9 atom stereocenters. The van der Waals surface area contributed by atoms with Crippen molar-refractivity contribution in [3.63, 3.8) is 0 Å². The molecule has 2 aromatic rings. The Morgan fingerprint density at radius 1 is 1.13 bits per heavy atom. The third kappa shape index (κ3) is 13.6. The van der Waals surface area contributed by atoms with E-state index in [0.29, 0.717) is 35.8 Å². The van der Waals surface area contributed by atoms with Gasteiger partial charge in [-0.3, -0.25) is 34.1 Å². The molecular weight excluding hydrogens is 974 g/mol. The second-order valence-electron chi connectivity index (χ2n) is 20.3. The number of aromatic nitrogens is 3. The minimum Gasteiger partial charge on any atom is -0.457 e. The summed E-state index contributed by atoms with van der Waals surface area (Å²) < 4.78 is 25.4. The van der Waals surface area contributed by atoms with Gasteiger partial charge in [-0.25, -0.2) is 9.59 Å². The van der Waals surface area contributed by atoms with Crippen molar-refractivity contribution < 1.29 is 52.8 Å². The molecule has 0 saturated carbocycles. The number of carbonyl (C=O) groups is 6. The zero-order valence-electron chi connectivity index (χ0n) is 42.7. The number of likely N-dealkylation sites (tertiary alicyclic amines) is 1. The van der Waals surface area contributed by atoms with E-state index in [9.17, 15) is 33.9 Å². The number of likely N-dealkylation sites (N-methyl/N-ethyl adjacent to an activating group) is 1. The van der Waals surface area contributed by atoms with Gasteiger partial charge in [-0.05, 0) is 84.4 Å². The number of halogens is 1. The average Bonchev–Trinajstić information content (AvgIpc) is 3.70. The van der Waals surface area contributed by atoms with Crippen LogP contribution in [0.5, 0.6) is 0 Å². The average molecular weight is 1040 g/mol. The minimum absolute atomic E-state index is 0.0579. The molecule has 4 bridgehead atoms. The highest BCUT2D eigenvalue weighted by Crippen LogP contribution is 2.49. The summed E-state index contributed by atoms with van der Waals surface area (Å²) in [6.45, 7) is 15.6. The first-order valence-electron chi connectivity index (χ1n) is 24.2. The number of nitrogens with one attached hydrogen (secondary N) is 1. The van der Waals surface area contributed by atoms with Gasteiger partial charge in [0.2, 0.25) is 23.6 Å². The molecule has 5 heterocycles. The quantitative estimate of drug-likeness (QED) is 0.0587. The van der Waals surface area contributed by atoms with E-state index in [0.717, 1.165) is 35.3 Å². The van der Waals surface area contributed by atoms with E-state index in [2.05, 4.69) is 29.5 Å². The van der Waals surface area contributed by atoms with E-state index in [-0.39, 0.29) is 60.6 Å². The van der Waals surface area contributed by atoms with Gasteiger partial charge in [0, 0.05) is 69.3 Å². The van der Waals surface area contributed by atoms with Crippen LogP contribution in [0.1, 0.15) is 110 Å². The molecule has 21 heteroatoms. The van der Waals surface area contributed by atoms with Crippen molar-refractivity contribution in [1.82, 2.24) is 30.1 Å². The van der Waals surface area contributed by atoms with Crippen LogP contribution in [0.3, 0.4) is 0 Å². The van der Waals surface area contributed by atoms with Gasteiger partial charge < -0.3 is 33.9 Å². The number of rotatable bonds is 16. The largest absolute Gasteiger partial charge is 0.457 e. The number of allylic oxidation sites excluding steroid dienone is 3. The first-order valence-corrected chi connectivity index (χ1v) is 26.9. The molecule has 4 aliphatic rings. The van der Waals surface area contributed by atoms with E-state index in [1.54, 1.807) is 79.5 Å². The third-order valence-corrected chi connectivity index (χ3v) is 17.9. The van der Waals surface area contributed by atoms with Crippen molar-refractivity contribution in [2.24, 2.45) is 11.8 Å². The molecule has 1 unspecified atom stereocenters. The lowest BCUT2D eigenvalue weighted by molar-refractivity contribution is -0.162. The van der Waals surface area contributed by atoms with Crippen LogP contribution in [0.15, 0.2) is 42.1 Å². The molecule has 71 heavy (non-hydrogen) atoms. The standard InChI is InChI=1S/C50H70ClN7O11S2/c1-29-15-14-16-38(66-11)50(65)26-37(67-47(64)52-50)32(4)44-49(8,69-44)39(25-41(60)56(10)36-24-34(21-29)22-30(2)43(36)51)68-46(63)33(5)55(9)40(59)17-18-48(6,7)71-70-20-13-12-19-57-27-35(53-54-57)28-58-42(61)23-31(3)45(58)62/h14-16,22,24,27,31-33,37-39,44,65H,12-13,17-21,23,25-26,28H2,1-11H3,(H,52,64)/b16-14+,29-15+/t31?,32-,33+,37+,38-,39+,44+,49+,50+/m1/s1.